The Balaban J connectivity index is 2.51. The van der Waals surface area contributed by atoms with Crippen LogP contribution >= 0.6 is 12.2 Å². The van der Waals surface area contributed by atoms with Crippen molar-refractivity contribution in [3.05, 3.63) is 29.8 Å². The van der Waals surface area contributed by atoms with Crippen LogP contribution in [0.2, 0.25) is 0 Å². The van der Waals surface area contributed by atoms with Crippen LogP contribution in [0.25, 0.3) is 0 Å². The zero-order valence-corrected chi connectivity index (χ0v) is 16.9. The molecule has 1 aromatic rings. The van der Waals surface area contributed by atoms with E-state index in [0.717, 1.165) is 13.2 Å². The topological polar surface area (TPSA) is 76.2 Å². The zero-order valence-electron chi connectivity index (χ0n) is 15.3. The van der Waals surface area contributed by atoms with Gasteiger partial charge in [-0.05, 0) is 23.8 Å². The molecule has 0 N–H and O–H groups in total. The second-order valence-corrected chi connectivity index (χ2v) is 9.02. The van der Waals surface area contributed by atoms with Gasteiger partial charge in [-0.3, -0.25) is 0 Å². The van der Waals surface area contributed by atoms with Gasteiger partial charge in [0.15, 0.2) is 0 Å². The number of anilines is 1. The lowest BCUT2D eigenvalue weighted by atomic mass is 9.93. The Labute approximate surface area is 166 Å². The predicted octanol–water partition coefficient (Wildman–Crippen LogP) is 3.25. The number of para-hydroxylation sites is 1. The quantitative estimate of drug-likeness (QED) is 0.666. The van der Waals surface area contributed by atoms with E-state index in [0.29, 0.717) is 13.2 Å². The average Bonchev–Trinajstić information content (AvgIpc) is 2.58. The van der Waals surface area contributed by atoms with Crippen LogP contribution in [0.1, 0.15) is 19.4 Å². The van der Waals surface area contributed by atoms with Gasteiger partial charge in [-0.1, -0.05) is 32.0 Å². The van der Waals surface area contributed by atoms with Crippen molar-refractivity contribution in [2.45, 2.75) is 25.9 Å². The second-order valence-electron chi connectivity index (χ2n) is 6.89. The first kappa shape index (κ1) is 22.2. The highest BCUT2D eigenvalue weighted by Gasteiger charge is 2.53. The Morgan fingerprint density at radius 1 is 1.36 bits per heavy atom. The molecule has 0 atom stereocenters. The van der Waals surface area contributed by atoms with Gasteiger partial charge in [0.2, 0.25) is 0 Å². The molecule has 0 aliphatic carbocycles. The van der Waals surface area contributed by atoms with Crippen molar-refractivity contribution in [3.63, 3.8) is 0 Å². The number of ether oxygens (including phenoxy) is 2. The van der Waals surface area contributed by atoms with Crippen LogP contribution in [0.3, 0.4) is 0 Å². The number of thiocarbonyl (C=S) groups is 1. The normalized spacial score (nSPS) is 17.1. The number of rotatable bonds is 4. The molecule has 0 unspecified atom stereocenters. The Morgan fingerprint density at radius 3 is 2.54 bits per heavy atom. The van der Waals surface area contributed by atoms with Crippen molar-refractivity contribution in [2.75, 3.05) is 24.6 Å². The van der Waals surface area contributed by atoms with Gasteiger partial charge in [0.1, 0.15) is 0 Å². The second kappa shape index (κ2) is 7.74. The molecule has 0 bridgehead atoms. The van der Waals surface area contributed by atoms with Crippen LogP contribution in [0.4, 0.5) is 23.7 Å². The van der Waals surface area contributed by atoms with Crippen molar-refractivity contribution < 1.29 is 35.9 Å². The number of nitrogens with zero attached hydrogens (tertiary/aromatic N) is 2. The molecular weight excluding hydrogens is 421 g/mol. The molecule has 1 saturated heterocycles. The van der Waals surface area contributed by atoms with Gasteiger partial charge < -0.3 is 14.4 Å². The fourth-order valence-electron chi connectivity index (χ4n) is 2.66. The molecule has 1 aromatic carbocycles. The van der Waals surface area contributed by atoms with Crippen LogP contribution in [0.15, 0.2) is 24.3 Å². The van der Waals surface area contributed by atoms with E-state index in [2.05, 4.69) is 4.74 Å². The molecule has 0 radical (unpaired) electrons. The number of hydrogen-bond acceptors (Lipinski definition) is 6. The van der Waals surface area contributed by atoms with Gasteiger partial charge >= 0.3 is 21.6 Å². The minimum atomic E-state index is -6.03. The lowest BCUT2D eigenvalue weighted by Crippen LogP contribution is -2.47. The summed E-state index contributed by atoms with van der Waals surface area (Å²) in [5.41, 5.74) is -6.32. The number of carbonyl (C=O) groups is 1. The van der Waals surface area contributed by atoms with Crippen LogP contribution in [-0.2, 0) is 26.0 Å². The summed E-state index contributed by atoms with van der Waals surface area (Å²) in [5.74, 6) is 0. The number of benzene rings is 1. The summed E-state index contributed by atoms with van der Waals surface area (Å²) < 4.78 is 72.7. The van der Waals surface area contributed by atoms with E-state index < -0.39 is 27.3 Å². The Kier molecular flexibility index (Phi) is 6.14. The monoisotopic (exact) mass is 440 g/mol. The SMILES string of the molecule is COC(=O)N(c1ccccc1CN1CC(C)(C)COC1=S)S(=O)(=O)C(F)(F)F. The van der Waals surface area contributed by atoms with E-state index in [9.17, 15) is 26.4 Å². The summed E-state index contributed by atoms with van der Waals surface area (Å²) in [6.45, 7) is 4.59. The highest BCUT2D eigenvalue weighted by molar-refractivity contribution is 7.94. The Morgan fingerprint density at radius 2 is 1.96 bits per heavy atom. The van der Waals surface area contributed by atoms with E-state index >= 15 is 0 Å². The largest absolute Gasteiger partial charge is 0.517 e. The van der Waals surface area contributed by atoms with Crippen LogP contribution < -0.4 is 4.31 Å². The number of sulfonamides is 1. The molecule has 7 nitrogen and oxygen atoms in total. The first-order chi connectivity index (χ1) is 12.8. The van der Waals surface area contributed by atoms with E-state index in [4.69, 9.17) is 17.0 Å². The lowest BCUT2D eigenvalue weighted by Gasteiger charge is -2.39. The third-order valence-electron chi connectivity index (χ3n) is 3.91. The van der Waals surface area contributed by atoms with Gasteiger partial charge in [-0.15, -0.1) is 0 Å². The van der Waals surface area contributed by atoms with Gasteiger partial charge in [0.05, 0.1) is 19.4 Å². The number of carbonyl (C=O) groups excluding carboxylic acids is 1. The summed E-state index contributed by atoms with van der Waals surface area (Å²) in [6, 6.07) is 5.32. The van der Waals surface area contributed by atoms with Crippen LogP contribution in [0, 0.1) is 5.41 Å². The third-order valence-corrected chi connectivity index (χ3v) is 5.70. The highest BCUT2D eigenvalue weighted by atomic mass is 32.2. The van der Waals surface area contributed by atoms with Crippen LogP contribution in [-0.4, -0.2) is 50.4 Å². The van der Waals surface area contributed by atoms with Gasteiger partial charge in [-0.25, -0.2) is 4.79 Å². The summed E-state index contributed by atoms with van der Waals surface area (Å²) in [7, 11) is -5.23. The molecule has 1 aliphatic heterocycles. The molecule has 12 heteroatoms. The van der Waals surface area contributed by atoms with E-state index in [1.807, 2.05) is 13.8 Å². The fourth-order valence-corrected chi connectivity index (χ4v) is 3.76. The average molecular weight is 440 g/mol. The summed E-state index contributed by atoms with van der Waals surface area (Å²) in [4.78, 5) is 13.6. The molecular formula is C16H19F3N2O5S2. The van der Waals surface area contributed by atoms with Crippen LogP contribution in [0.5, 0.6) is 0 Å². The molecule has 2 rings (SSSR count). The third kappa shape index (κ3) is 4.49. The van der Waals surface area contributed by atoms with E-state index in [1.165, 1.54) is 18.2 Å². The van der Waals surface area contributed by atoms with E-state index in [1.54, 1.807) is 4.90 Å². The number of methoxy groups -OCH3 is 1. The Hall–Kier alpha value is -2.08. The maximum Gasteiger partial charge on any atom is 0.517 e. The van der Waals surface area contributed by atoms with Crippen molar-refractivity contribution >= 4 is 39.2 Å². The van der Waals surface area contributed by atoms with Crippen molar-refractivity contribution in [1.29, 1.82) is 0 Å². The first-order valence-corrected chi connectivity index (χ1v) is 9.84. The smallest absolute Gasteiger partial charge is 0.470 e. The molecule has 0 aromatic heterocycles. The zero-order chi connectivity index (χ0) is 21.3. The molecule has 1 fully saturated rings. The van der Waals surface area contributed by atoms with Gasteiger partial charge in [-0.2, -0.15) is 25.9 Å². The minimum Gasteiger partial charge on any atom is -0.470 e. The number of amides is 1. The standard InChI is InChI=1S/C16H19F3N2O5S2/c1-15(2)9-20(14(27)26-10-15)8-11-6-4-5-7-12(11)21(13(22)25-3)28(23,24)16(17,18)19/h4-7H,8-10H2,1-3H3. The van der Waals surface area contributed by atoms with E-state index in [-0.39, 0.29) is 27.0 Å². The maximum absolute atomic E-state index is 13.1. The Bertz CT molecular complexity index is 871. The molecule has 28 heavy (non-hydrogen) atoms. The molecule has 156 valence electrons. The summed E-state index contributed by atoms with van der Waals surface area (Å²) >= 11 is 5.15. The molecule has 1 aliphatic rings. The number of alkyl halides is 3. The number of halogens is 3. The molecule has 0 saturated carbocycles. The minimum absolute atomic E-state index is 0.0562. The molecule has 0 spiro atoms. The summed E-state index contributed by atoms with van der Waals surface area (Å²) in [6.07, 6.45) is -1.68. The van der Waals surface area contributed by atoms with Crippen molar-refractivity contribution in [2.24, 2.45) is 5.41 Å². The summed E-state index contributed by atoms with van der Waals surface area (Å²) in [5, 5.41) is 0.137. The highest BCUT2D eigenvalue weighted by Crippen LogP contribution is 2.34. The molecule has 1 heterocycles. The lowest BCUT2D eigenvalue weighted by molar-refractivity contribution is -0.0438. The van der Waals surface area contributed by atoms with Gasteiger partial charge in [0.25, 0.3) is 5.17 Å². The van der Waals surface area contributed by atoms with Crippen molar-refractivity contribution in [3.8, 4) is 0 Å². The first-order valence-electron chi connectivity index (χ1n) is 7.99. The van der Waals surface area contributed by atoms with Crippen molar-refractivity contribution in [1.82, 2.24) is 4.90 Å². The number of hydrogen-bond donors (Lipinski definition) is 0. The van der Waals surface area contributed by atoms with Gasteiger partial charge in [0, 0.05) is 18.5 Å². The predicted molar refractivity (Wildman–Crippen MR) is 99.0 cm³/mol. The fraction of sp³-hybridized carbons (Fsp3) is 0.500. The molecule has 1 amide bonds. The maximum atomic E-state index is 13.1.